The van der Waals surface area contributed by atoms with Crippen LogP contribution in [0.3, 0.4) is 0 Å². The summed E-state index contributed by atoms with van der Waals surface area (Å²) in [5.74, 6) is -3.43. The van der Waals surface area contributed by atoms with Crippen molar-refractivity contribution < 1.29 is 18.3 Å². The molecule has 0 amide bonds. The van der Waals surface area contributed by atoms with Crippen LogP contribution in [-0.2, 0) is 0 Å². The highest BCUT2D eigenvalue weighted by Crippen LogP contribution is 2.28. The average Bonchev–Trinajstić information content (AvgIpc) is 2.21. The van der Waals surface area contributed by atoms with Crippen LogP contribution in [0.5, 0.6) is 0 Å². The Morgan fingerprint density at radius 1 is 1.11 bits per heavy atom. The van der Waals surface area contributed by atoms with Crippen molar-refractivity contribution in [3.63, 3.8) is 0 Å². The van der Waals surface area contributed by atoms with Gasteiger partial charge in [-0.25, -0.2) is 13.2 Å². The summed E-state index contributed by atoms with van der Waals surface area (Å²) in [4.78, 5) is 0. The molecule has 5 heteroatoms. The van der Waals surface area contributed by atoms with Crippen LogP contribution in [-0.4, -0.2) is 11.1 Å². The first-order chi connectivity index (χ1) is 8.12. The summed E-state index contributed by atoms with van der Waals surface area (Å²) < 4.78 is 39.2. The quantitative estimate of drug-likeness (QED) is 0.822. The Hall–Kier alpha value is -1.07. The Balaban J connectivity index is 2.91. The van der Waals surface area contributed by atoms with Gasteiger partial charge in [-0.15, -0.1) is 0 Å². The van der Waals surface area contributed by atoms with E-state index >= 15 is 0 Å². The van der Waals surface area contributed by atoms with Gasteiger partial charge in [-0.2, -0.15) is 0 Å². The van der Waals surface area contributed by atoms with Crippen LogP contribution in [0.25, 0.3) is 0 Å². The van der Waals surface area contributed by atoms with E-state index < -0.39 is 23.6 Å². The van der Waals surface area contributed by atoms with Gasteiger partial charge < -0.3 is 10.8 Å². The third kappa shape index (κ3) is 3.46. The number of aliphatic hydroxyl groups excluding tert-OH is 1. The molecular formula is C13H18F3NO. The molecule has 3 N–H and O–H groups in total. The third-order valence-electron chi connectivity index (χ3n) is 2.99. The fourth-order valence-electron chi connectivity index (χ4n) is 1.51. The number of halogens is 3. The Kier molecular flexibility index (Phi) is 4.40. The lowest BCUT2D eigenvalue weighted by Crippen LogP contribution is -2.36. The van der Waals surface area contributed by atoms with Gasteiger partial charge in [0.15, 0.2) is 11.6 Å². The van der Waals surface area contributed by atoms with E-state index in [1.165, 1.54) is 0 Å². The van der Waals surface area contributed by atoms with E-state index in [0.717, 1.165) is 0 Å². The summed E-state index contributed by atoms with van der Waals surface area (Å²) in [6.07, 6.45) is -1.18. The molecule has 0 aliphatic carbocycles. The van der Waals surface area contributed by atoms with Crippen molar-refractivity contribution in [3.05, 3.63) is 35.1 Å². The maximum Gasteiger partial charge on any atom is 0.161 e. The molecule has 0 spiro atoms. The summed E-state index contributed by atoms with van der Waals surface area (Å²) in [5.41, 5.74) is 5.32. The molecule has 0 saturated carbocycles. The first kappa shape index (κ1) is 15.0. The highest BCUT2D eigenvalue weighted by Gasteiger charge is 2.26. The molecular weight excluding hydrogens is 243 g/mol. The van der Waals surface area contributed by atoms with E-state index in [-0.39, 0.29) is 23.4 Å². The average molecular weight is 261 g/mol. The van der Waals surface area contributed by atoms with Gasteiger partial charge in [0.1, 0.15) is 5.82 Å². The van der Waals surface area contributed by atoms with E-state index in [2.05, 4.69) is 0 Å². The van der Waals surface area contributed by atoms with Gasteiger partial charge in [-0.3, -0.25) is 0 Å². The molecule has 0 unspecified atom stereocenters. The lowest BCUT2D eigenvalue weighted by Gasteiger charge is -2.29. The maximum atomic E-state index is 13.4. The van der Waals surface area contributed by atoms with Crippen molar-refractivity contribution in [2.75, 3.05) is 0 Å². The first-order valence-electron chi connectivity index (χ1n) is 5.71. The molecule has 0 heterocycles. The second-order valence-electron chi connectivity index (χ2n) is 5.51. The lowest BCUT2D eigenvalue weighted by atomic mass is 9.83. The third-order valence-corrected chi connectivity index (χ3v) is 2.99. The summed E-state index contributed by atoms with van der Waals surface area (Å²) in [7, 11) is 0. The summed E-state index contributed by atoms with van der Waals surface area (Å²) >= 11 is 0. The van der Waals surface area contributed by atoms with Crippen molar-refractivity contribution in [2.45, 2.75) is 39.3 Å². The van der Waals surface area contributed by atoms with Crippen LogP contribution in [0.2, 0.25) is 0 Å². The molecule has 0 aliphatic rings. The van der Waals surface area contributed by atoms with E-state index in [9.17, 15) is 18.3 Å². The van der Waals surface area contributed by atoms with Crippen molar-refractivity contribution >= 4 is 0 Å². The minimum atomic E-state index is -1.27. The molecule has 0 aromatic heterocycles. The van der Waals surface area contributed by atoms with Crippen LogP contribution < -0.4 is 5.73 Å². The molecule has 0 aliphatic heterocycles. The number of rotatable bonds is 3. The number of benzene rings is 1. The first-order valence-corrected chi connectivity index (χ1v) is 5.71. The summed E-state index contributed by atoms with van der Waals surface area (Å²) in [6, 6.07) is 0.710. The van der Waals surface area contributed by atoms with E-state index in [1.807, 2.05) is 20.8 Å². The van der Waals surface area contributed by atoms with Crippen LogP contribution in [0.1, 0.15) is 38.9 Å². The SMILES string of the molecule is CC(C)(C)[C@H](N)C[C@H](O)c1cc(F)c(F)cc1F. The van der Waals surface area contributed by atoms with Crippen LogP contribution in [0.4, 0.5) is 13.2 Å². The Morgan fingerprint density at radius 3 is 2.11 bits per heavy atom. The van der Waals surface area contributed by atoms with Crippen molar-refractivity contribution in [3.8, 4) is 0 Å². The molecule has 0 saturated heterocycles. The maximum absolute atomic E-state index is 13.4. The summed E-state index contributed by atoms with van der Waals surface area (Å²) in [6.45, 7) is 5.64. The second kappa shape index (κ2) is 5.28. The van der Waals surface area contributed by atoms with Gasteiger partial charge >= 0.3 is 0 Å². The molecule has 1 aromatic carbocycles. The number of nitrogens with two attached hydrogens (primary N) is 1. The molecule has 2 nitrogen and oxygen atoms in total. The zero-order chi connectivity index (χ0) is 14.1. The monoisotopic (exact) mass is 261 g/mol. The largest absolute Gasteiger partial charge is 0.388 e. The van der Waals surface area contributed by atoms with Gasteiger partial charge in [0.2, 0.25) is 0 Å². The van der Waals surface area contributed by atoms with Crippen LogP contribution >= 0.6 is 0 Å². The van der Waals surface area contributed by atoms with E-state index in [1.54, 1.807) is 0 Å². The lowest BCUT2D eigenvalue weighted by molar-refractivity contribution is 0.129. The highest BCUT2D eigenvalue weighted by atomic mass is 19.2. The zero-order valence-corrected chi connectivity index (χ0v) is 10.7. The molecule has 1 aromatic rings. The number of aliphatic hydroxyl groups is 1. The normalized spacial score (nSPS) is 15.6. The molecule has 2 atom stereocenters. The Morgan fingerprint density at radius 2 is 1.61 bits per heavy atom. The van der Waals surface area contributed by atoms with Crippen molar-refractivity contribution in [2.24, 2.45) is 11.1 Å². The number of hydrogen-bond donors (Lipinski definition) is 2. The molecule has 0 radical (unpaired) electrons. The molecule has 0 fully saturated rings. The fourth-order valence-corrected chi connectivity index (χ4v) is 1.51. The number of hydrogen-bond acceptors (Lipinski definition) is 2. The predicted octanol–water partition coefficient (Wildman–Crippen LogP) is 2.90. The van der Waals surface area contributed by atoms with Crippen LogP contribution in [0, 0.1) is 22.9 Å². The molecule has 18 heavy (non-hydrogen) atoms. The van der Waals surface area contributed by atoms with Gasteiger partial charge in [0.25, 0.3) is 0 Å². The smallest absolute Gasteiger partial charge is 0.161 e. The molecule has 0 bridgehead atoms. The molecule has 1 rings (SSSR count). The van der Waals surface area contributed by atoms with Gasteiger partial charge in [0.05, 0.1) is 6.10 Å². The van der Waals surface area contributed by atoms with E-state index in [4.69, 9.17) is 5.73 Å². The highest BCUT2D eigenvalue weighted by molar-refractivity contribution is 5.22. The van der Waals surface area contributed by atoms with Gasteiger partial charge in [0, 0.05) is 17.7 Å². The predicted molar refractivity (Wildman–Crippen MR) is 63.3 cm³/mol. The minimum Gasteiger partial charge on any atom is -0.388 e. The van der Waals surface area contributed by atoms with Crippen molar-refractivity contribution in [1.82, 2.24) is 0 Å². The Labute approximate surface area is 105 Å². The topological polar surface area (TPSA) is 46.2 Å². The van der Waals surface area contributed by atoms with E-state index in [0.29, 0.717) is 12.1 Å². The summed E-state index contributed by atoms with van der Waals surface area (Å²) in [5, 5.41) is 9.84. The standard InChI is InChI=1S/C13H18F3NO/c1-13(2,3)12(17)6-11(18)7-4-9(15)10(16)5-8(7)14/h4-5,11-12,18H,6,17H2,1-3H3/t11-,12+/m0/s1. The van der Waals surface area contributed by atoms with Gasteiger partial charge in [-0.1, -0.05) is 20.8 Å². The second-order valence-corrected chi connectivity index (χ2v) is 5.51. The zero-order valence-electron chi connectivity index (χ0n) is 10.7. The van der Waals surface area contributed by atoms with Gasteiger partial charge in [-0.05, 0) is 17.9 Å². The van der Waals surface area contributed by atoms with Crippen LogP contribution in [0.15, 0.2) is 12.1 Å². The Bertz CT molecular complexity index is 429. The fraction of sp³-hybridized carbons (Fsp3) is 0.538. The minimum absolute atomic E-state index is 0.0749. The van der Waals surface area contributed by atoms with Crippen molar-refractivity contribution in [1.29, 1.82) is 0 Å². The molecule has 102 valence electrons.